The molecule has 0 amide bonds. The molecule has 0 saturated carbocycles. The van der Waals surface area contributed by atoms with Gasteiger partial charge in [-0.2, -0.15) is 0 Å². The fourth-order valence-corrected chi connectivity index (χ4v) is 1.39. The minimum Gasteiger partial charge on any atom is -0.446 e. The molecule has 0 aliphatic carbocycles. The van der Waals surface area contributed by atoms with Gasteiger partial charge in [0.2, 0.25) is 0 Å². The number of ether oxygens (including phenoxy) is 2. The molecule has 0 aliphatic rings. The second-order valence-electron chi connectivity index (χ2n) is 3.66. The van der Waals surface area contributed by atoms with Crippen molar-refractivity contribution >= 4 is 0 Å². The molecule has 0 bridgehead atoms. The summed E-state index contributed by atoms with van der Waals surface area (Å²) < 4.78 is 15.8. The Kier molecular flexibility index (Phi) is 7.62. The SMILES string of the molecule is CCOCCc1cnc(CCNCCOC)o1. The van der Waals surface area contributed by atoms with Gasteiger partial charge in [-0.25, -0.2) is 4.98 Å². The Morgan fingerprint density at radius 2 is 2.18 bits per heavy atom. The van der Waals surface area contributed by atoms with Crippen LogP contribution >= 0.6 is 0 Å². The molecule has 98 valence electrons. The van der Waals surface area contributed by atoms with E-state index in [1.807, 2.05) is 6.92 Å². The van der Waals surface area contributed by atoms with Gasteiger partial charge in [-0.15, -0.1) is 0 Å². The molecule has 0 saturated heterocycles. The predicted octanol–water partition coefficient (Wildman–Crippen LogP) is 1.03. The van der Waals surface area contributed by atoms with Crippen molar-refractivity contribution in [3.63, 3.8) is 0 Å². The maximum atomic E-state index is 5.57. The van der Waals surface area contributed by atoms with E-state index < -0.39 is 0 Å². The zero-order valence-corrected chi connectivity index (χ0v) is 10.7. The first-order valence-electron chi connectivity index (χ1n) is 6.07. The summed E-state index contributed by atoms with van der Waals surface area (Å²) in [5.41, 5.74) is 0. The molecule has 17 heavy (non-hydrogen) atoms. The van der Waals surface area contributed by atoms with Crippen LogP contribution in [-0.2, 0) is 22.3 Å². The van der Waals surface area contributed by atoms with Crippen molar-refractivity contribution in [2.24, 2.45) is 0 Å². The summed E-state index contributed by atoms with van der Waals surface area (Å²) >= 11 is 0. The van der Waals surface area contributed by atoms with Gasteiger partial charge in [0.15, 0.2) is 5.89 Å². The summed E-state index contributed by atoms with van der Waals surface area (Å²) in [5, 5.41) is 3.25. The third kappa shape index (κ3) is 6.41. The Labute approximate surface area is 103 Å². The number of rotatable bonds is 10. The highest BCUT2D eigenvalue weighted by Gasteiger charge is 2.03. The molecule has 1 N–H and O–H groups in total. The molecular formula is C12H22N2O3. The molecule has 0 unspecified atom stereocenters. The third-order valence-electron chi connectivity index (χ3n) is 2.30. The minimum absolute atomic E-state index is 0.692. The zero-order chi connectivity index (χ0) is 12.3. The lowest BCUT2D eigenvalue weighted by Crippen LogP contribution is -2.21. The van der Waals surface area contributed by atoms with Crippen LogP contribution in [0.3, 0.4) is 0 Å². The minimum atomic E-state index is 0.692. The van der Waals surface area contributed by atoms with Crippen LogP contribution in [0.1, 0.15) is 18.6 Å². The molecule has 0 aliphatic heterocycles. The van der Waals surface area contributed by atoms with Crippen molar-refractivity contribution in [2.75, 3.05) is 40.0 Å². The summed E-state index contributed by atoms with van der Waals surface area (Å²) in [6, 6.07) is 0. The largest absolute Gasteiger partial charge is 0.446 e. The lowest BCUT2D eigenvalue weighted by atomic mass is 10.4. The second kappa shape index (κ2) is 9.15. The molecule has 1 aromatic rings. The Morgan fingerprint density at radius 3 is 2.94 bits per heavy atom. The highest BCUT2D eigenvalue weighted by Crippen LogP contribution is 2.04. The molecule has 0 aromatic carbocycles. The average molecular weight is 242 g/mol. The van der Waals surface area contributed by atoms with Crippen molar-refractivity contribution in [1.29, 1.82) is 0 Å². The second-order valence-corrected chi connectivity index (χ2v) is 3.66. The van der Waals surface area contributed by atoms with Gasteiger partial charge in [-0.3, -0.25) is 0 Å². The Hall–Kier alpha value is -0.910. The number of hydrogen-bond donors (Lipinski definition) is 1. The Bertz CT molecular complexity index is 289. The first-order chi connectivity index (χ1) is 8.36. The zero-order valence-electron chi connectivity index (χ0n) is 10.7. The van der Waals surface area contributed by atoms with E-state index in [1.54, 1.807) is 13.3 Å². The summed E-state index contributed by atoms with van der Waals surface area (Å²) in [5.74, 6) is 1.67. The van der Waals surface area contributed by atoms with Crippen molar-refractivity contribution in [2.45, 2.75) is 19.8 Å². The van der Waals surface area contributed by atoms with Crippen LogP contribution in [0.25, 0.3) is 0 Å². The summed E-state index contributed by atoms with van der Waals surface area (Å²) in [4.78, 5) is 4.22. The van der Waals surface area contributed by atoms with Gasteiger partial charge in [0, 0.05) is 39.6 Å². The van der Waals surface area contributed by atoms with E-state index in [2.05, 4.69) is 10.3 Å². The van der Waals surface area contributed by atoms with Crippen LogP contribution in [0.5, 0.6) is 0 Å². The van der Waals surface area contributed by atoms with Gasteiger partial charge in [0.25, 0.3) is 0 Å². The maximum Gasteiger partial charge on any atom is 0.195 e. The molecule has 0 radical (unpaired) electrons. The summed E-state index contributed by atoms with van der Waals surface area (Å²) in [7, 11) is 1.69. The van der Waals surface area contributed by atoms with Gasteiger partial charge in [-0.1, -0.05) is 0 Å². The summed E-state index contributed by atoms with van der Waals surface area (Å²) in [6.07, 6.45) is 3.37. The van der Waals surface area contributed by atoms with Crippen LogP contribution < -0.4 is 5.32 Å². The molecule has 0 spiro atoms. The van der Waals surface area contributed by atoms with Crippen molar-refractivity contribution in [3.05, 3.63) is 17.8 Å². The van der Waals surface area contributed by atoms with E-state index in [1.165, 1.54) is 0 Å². The molecule has 5 heteroatoms. The highest BCUT2D eigenvalue weighted by molar-refractivity contribution is 4.94. The molecule has 1 aromatic heterocycles. The maximum absolute atomic E-state index is 5.57. The number of hydrogen-bond acceptors (Lipinski definition) is 5. The summed E-state index contributed by atoms with van der Waals surface area (Å²) in [6.45, 7) is 5.85. The van der Waals surface area contributed by atoms with Gasteiger partial charge in [-0.05, 0) is 6.92 Å². The average Bonchev–Trinajstić information content (AvgIpc) is 2.77. The van der Waals surface area contributed by atoms with E-state index in [0.717, 1.165) is 50.8 Å². The topological polar surface area (TPSA) is 56.5 Å². The Morgan fingerprint density at radius 1 is 1.29 bits per heavy atom. The molecule has 0 atom stereocenters. The number of methoxy groups -OCH3 is 1. The predicted molar refractivity (Wildman–Crippen MR) is 65.1 cm³/mol. The molecular weight excluding hydrogens is 220 g/mol. The lowest BCUT2D eigenvalue weighted by molar-refractivity contribution is 0.146. The first kappa shape index (κ1) is 14.2. The molecule has 1 rings (SSSR count). The van der Waals surface area contributed by atoms with Crippen LogP contribution in [0.15, 0.2) is 10.6 Å². The van der Waals surface area contributed by atoms with Crippen LogP contribution in [-0.4, -0.2) is 45.0 Å². The standard InChI is InChI=1S/C12H22N2O3/c1-3-16-8-5-11-10-14-12(17-11)4-6-13-7-9-15-2/h10,13H,3-9H2,1-2H3. The van der Waals surface area contributed by atoms with Gasteiger partial charge >= 0.3 is 0 Å². The quantitative estimate of drug-likeness (QED) is 0.621. The van der Waals surface area contributed by atoms with Crippen LogP contribution in [0, 0.1) is 0 Å². The van der Waals surface area contributed by atoms with Crippen molar-refractivity contribution < 1.29 is 13.9 Å². The van der Waals surface area contributed by atoms with Crippen molar-refractivity contribution in [1.82, 2.24) is 10.3 Å². The van der Waals surface area contributed by atoms with E-state index >= 15 is 0 Å². The van der Waals surface area contributed by atoms with E-state index in [0.29, 0.717) is 6.61 Å². The number of oxazole rings is 1. The monoisotopic (exact) mass is 242 g/mol. The smallest absolute Gasteiger partial charge is 0.195 e. The van der Waals surface area contributed by atoms with E-state index in [-0.39, 0.29) is 0 Å². The van der Waals surface area contributed by atoms with Gasteiger partial charge < -0.3 is 19.2 Å². The van der Waals surface area contributed by atoms with E-state index in [9.17, 15) is 0 Å². The van der Waals surface area contributed by atoms with Crippen LogP contribution in [0.2, 0.25) is 0 Å². The Balaban J connectivity index is 2.12. The van der Waals surface area contributed by atoms with Crippen molar-refractivity contribution in [3.8, 4) is 0 Å². The molecule has 5 nitrogen and oxygen atoms in total. The number of aromatic nitrogens is 1. The van der Waals surface area contributed by atoms with Crippen LogP contribution in [0.4, 0.5) is 0 Å². The van der Waals surface area contributed by atoms with Gasteiger partial charge in [0.1, 0.15) is 5.76 Å². The molecule has 0 fully saturated rings. The fourth-order valence-electron chi connectivity index (χ4n) is 1.39. The number of nitrogens with one attached hydrogen (secondary N) is 1. The molecule has 1 heterocycles. The third-order valence-corrected chi connectivity index (χ3v) is 2.30. The highest BCUT2D eigenvalue weighted by atomic mass is 16.5. The fraction of sp³-hybridized carbons (Fsp3) is 0.750. The van der Waals surface area contributed by atoms with E-state index in [4.69, 9.17) is 13.9 Å². The first-order valence-corrected chi connectivity index (χ1v) is 6.07. The normalized spacial score (nSPS) is 10.9. The number of nitrogens with zero attached hydrogens (tertiary/aromatic N) is 1. The lowest BCUT2D eigenvalue weighted by Gasteiger charge is -2.01. The van der Waals surface area contributed by atoms with Gasteiger partial charge in [0.05, 0.1) is 19.4 Å².